The van der Waals surface area contributed by atoms with Crippen molar-refractivity contribution in [2.75, 3.05) is 25.0 Å². The van der Waals surface area contributed by atoms with E-state index in [9.17, 15) is 18.0 Å². The largest absolute Gasteiger partial charge is 0.327 e. The molecule has 33 heavy (non-hydrogen) atoms. The minimum absolute atomic E-state index is 0.179. The number of carbonyl (C=O) groups is 2. The van der Waals surface area contributed by atoms with Crippen LogP contribution in [0.2, 0.25) is 5.02 Å². The molecule has 0 aliphatic carbocycles. The minimum Gasteiger partial charge on any atom is -0.302 e. The number of hydrogen-bond donors (Lipinski definition) is 2. The molecule has 11 heteroatoms. The van der Waals surface area contributed by atoms with Crippen LogP contribution in [0.15, 0.2) is 47.4 Å². The molecular weight excluding hydrogens is 484 g/mol. The quantitative estimate of drug-likeness (QED) is 0.537. The molecule has 1 aromatic heterocycles. The lowest BCUT2D eigenvalue weighted by Crippen LogP contribution is -2.42. The van der Waals surface area contributed by atoms with Crippen molar-refractivity contribution in [1.29, 1.82) is 0 Å². The summed E-state index contributed by atoms with van der Waals surface area (Å²) < 4.78 is 27.0. The number of carbonyl (C=O) groups excluding carboxylic acids is 2. The molecule has 174 valence electrons. The van der Waals surface area contributed by atoms with E-state index in [1.807, 2.05) is 6.92 Å². The van der Waals surface area contributed by atoms with E-state index in [0.717, 1.165) is 30.8 Å². The third-order valence-electron chi connectivity index (χ3n) is 5.60. The highest BCUT2D eigenvalue weighted by Gasteiger charge is 2.32. The maximum atomic E-state index is 13.2. The molecule has 0 bridgehead atoms. The van der Waals surface area contributed by atoms with Gasteiger partial charge in [0.25, 0.3) is 5.91 Å². The van der Waals surface area contributed by atoms with Gasteiger partial charge in [0, 0.05) is 6.54 Å². The third kappa shape index (κ3) is 5.19. The van der Waals surface area contributed by atoms with Gasteiger partial charge >= 0.3 is 6.03 Å². The number of urea groups is 1. The van der Waals surface area contributed by atoms with Crippen LogP contribution in [0.5, 0.6) is 0 Å². The van der Waals surface area contributed by atoms with Gasteiger partial charge < -0.3 is 4.90 Å². The molecule has 1 unspecified atom stereocenters. The zero-order valence-electron chi connectivity index (χ0n) is 17.9. The van der Waals surface area contributed by atoms with Crippen molar-refractivity contribution in [3.05, 3.63) is 53.1 Å². The summed E-state index contributed by atoms with van der Waals surface area (Å²) >= 11 is 7.12. The average Bonchev–Trinajstić information content (AvgIpc) is 3.20. The lowest BCUT2D eigenvalue weighted by molar-refractivity contribution is 0.0967. The number of amides is 3. The van der Waals surface area contributed by atoms with Gasteiger partial charge in [-0.05, 0) is 56.3 Å². The van der Waals surface area contributed by atoms with Gasteiger partial charge in [-0.15, -0.1) is 0 Å². The summed E-state index contributed by atoms with van der Waals surface area (Å²) in [4.78, 5) is 31.2. The zero-order valence-corrected chi connectivity index (χ0v) is 20.3. The fourth-order valence-electron chi connectivity index (χ4n) is 3.83. The van der Waals surface area contributed by atoms with Crippen LogP contribution in [0.1, 0.15) is 30.1 Å². The van der Waals surface area contributed by atoms with Gasteiger partial charge in [0.1, 0.15) is 0 Å². The number of likely N-dealkylation sites (tertiary alicyclic amines) is 1. The fourth-order valence-corrected chi connectivity index (χ4v) is 6.83. The fraction of sp³-hybridized carbons (Fsp3) is 0.318. The van der Waals surface area contributed by atoms with Gasteiger partial charge in [0.2, 0.25) is 0 Å². The minimum atomic E-state index is -3.48. The van der Waals surface area contributed by atoms with Crippen LogP contribution in [0, 0.1) is 0 Å². The number of rotatable bonds is 5. The summed E-state index contributed by atoms with van der Waals surface area (Å²) in [5.74, 6) is -0.638. The molecule has 0 saturated carbocycles. The number of halogens is 1. The average molecular weight is 507 g/mol. The van der Waals surface area contributed by atoms with E-state index in [2.05, 4.69) is 20.5 Å². The Kier molecular flexibility index (Phi) is 6.99. The Hall–Kier alpha value is -2.53. The molecule has 2 N–H and O–H groups in total. The van der Waals surface area contributed by atoms with Crippen LogP contribution in [0.3, 0.4) is 0 Å². The van der Waals surface area contributed by atoms with E-state index in [4.69, 9.17) is 11.6 Å². The maximum Gasteiger partial charge on any atom is 0.327 e. The SMILES string of the molecule is CCN1CCCC(S(=O)(=O)c2ccc3nc(NC(=O)NC(=O)c4ccccc4Cl)sc3c2)C1. The second kappa shape index (κ2) is 9.76. The second-order valence-corrected chi connectivity index (χ2v) is 11.4. The maximum absolute atomic E-state index is 13.2. The van der Waals surface area contributed by atoms with Crippen LogP contribution in [0.4, 0.5) is 9.93 Å². The number of hydrogen-bond acceptors (Lipinski definition) is 7. The van der Waals surface area contributed by atoms with Crippen molar-refractivity contribution in [3.63, 3.8) is 0 Å². The molecule has 1 aliphatic heterocycles. The van der Waals surface area contributed by atoms with E-state index >= 15 is 0 Å². The lowest BCUT2D eigenvalue weighted by atomic mass is 10.1. The Morgan fingerprint density at radius 3 is 2.79 bits per heavy atom. The lowest BCUT2D eigenvalue weighted by Gasteiger charge is -2.31. The van der Waals surface area contributed by atoms with Crippen molar-refractivity contribution in [2.24, 2.45) is 0 Å². The standard InChI is InChI=1S/C22H23ClN4O4S2/c1-2-27-11-5-6-15(13-27)33(30,31)14-9-10-18-19(12-14)32-22(24-18)26-21(29)25-20(28)16-7-3-4-8-17(16)23/h3-4,7-10,12,15H,2,5-6,11,13H2,1H3,(H2,24,25,26,28,29). The molecule has 0 spiro atoms. The number of anilines is 1. The molecule has 1 saturated heterocycles. The Morgan fingerprint density at radius 2 is 2.03 bits per heavy atom. The van der Waals surface area contributed by atoms with Gasteiger partial charge in [-0.3, -0.25) is 15.4 Å². The molecule has 2 heterocycles. The van der Waals surface area contributed by atoms with Crippen molar-refractivity contribution in [2.45, 2.75) is 29.9 Å². The zero-order chi connectivity index (χ0) is 23.6. The summed E-state index contributed by atoms with van der Waals surface area (Å²) in [6.07, 6.45) is 1.50. The molecule has 1 atom stereocenters. The third-order valence-corrected chi connectivity index (χ3v) is 9.04. The van der Waals surface area contributed by atoms with Gasteiger partial charge in [0.15, 0.2) is 15.0 Å². The highest BCUT2D eigenvalue weighted by molar-refractivity contribution is 7.92. The van der Waals surface area contributed by atoms with Gasteiger partial charge in [-0.2, -0.15) is 0 Å². The number of thiazole rings is 1. The number of imide groups is 1. The Bertz CT molecular complexity index is 1310. The Morgan fingerprint density at radius 1 is 1.24 bits per heavy atom. The van der Waals surface area contributed by atoms with Crippen molar-refractivity contribution >= 4 is 60.1 Å². The molecule has 1 fully saturated rings. The van der Waals surface area contributed by atoms with Crippen LogP contribution >= 0.6 is 22.9 Å². The van der Waals surface area contributed by atoms with E-state index in [0.29, 0.717) is 23.2 Å². The van der Waals surface area contributed by atoms with Crippen molar-refractivity contribution < 1.29 is 18.0 Å². The second-order valence-electron chi connectivity index (χ2n) is 7.74. The van der Waals surface area contributed by atoms with Crippen molar-refractivity contribution in [1.82, 2.24) is 15.2 Å². The van der Waals surface area contributed by atoms with E-state index in [1.54, 1.807) is 36.4 Å². The van der Waals surface area contributed by atoms with E-state index in [-0.39, 0.29) is 20.6 Å². The van der Waals surface area contributed by atoms with Crippen LogP contribution in [0.25, 0.3) is 10.2 Å². The molecule has 3 amide bonds. The smallest absolute Gasteiger partial charge is 0.302 e. The van der Waals surface area contributed by atoms with Gasteiger partial charge in [0.05, 0.1) is 30.9 Å². The van der Waals surface area contributed by atoms with Crippen molar-refractivity contribution in [3.8, 4) is 0 Å². The summed E-state index contributed by atoms with van der Waals surface area (Å²) in [5, 5.41) is 4.78. The highest BCUT2D eigenvalue weighted by atomic mass is 35.5. The first-order chi connectivity index (χ1) is 15.8. The van der Waals surface area contributed by atoms with Gasteiger partial charge in [-0.25, -0.2) is 18.2 Å². The molecule has 1 aliphatic rings. The number of nitrogens with one attached hydrogen (secondary N) is 2. The predicted molar refractivity (Wildman–Crippen MR) is 130 cm³/mol. The number of aromatic nitrogens is 1. The summed E-state index contributed by atoms with van der Waals surface area (Å²) in [5.41, 5.74) is 0.739. The van der Waals surface area contributed by atoms with Gasteiger partial charge in [-0.1, -0.05) is 42.0 Å². The molecule has 3 aromatic rings. The molecule has 2 aromatic carbocycles. The van der Waals surface area contributed by atoms with Crippen LogP contribution in [-0.4, -0.2) is 55.1 Å². The summed E-state index contributed by atoms with van der Waals surface area (Å²) in [7, 11) is -3.48. The normalized spacial score (nSPS) is 17.1. The number of nitrogens with zero attached hydrogens (tertiary/aromatic N) is 2. The monoisotopic (exact) mass is 506 g/mol. The van der Waals surface area contributed by atoms with Crippen LogP contribution < -0.4 is 10.6 Å². The predicted octanol–water partition coefficient (Wildman–Crippen LogP) is 4.17. The van der Waals surface area contributed by atoms with E-state index < -0.39 is 27.0 Å². The van der Waals surface area contributed by atoms with E-state index in [1.165, 1.54) is 6.07 Å². The molecule has 8 nitrogen and oxygen atoms in total. The van der Waals surface area contributed by atoms with Crippen LogP contribution in [-0.2, 0) is 9.84 Å². The highest BCUT2D eigenvalue weighted by Crippen LogP contribution is 2.31. The first-order valence-electron chi connectivity index (χ1n) is 10.5. The first kappa shape index (κ1) is 23.6. The topological polar surface area (TPSA) is 108 Å². The Balaban J connectivity index is 1.48. The summed E-state index contributed by atoms with van der Waals surface area (Å²) in [6.45, 7) is 4.32. The summed E-state index contributed by atoms with van der Waals surface area (Å²) in [6, 6.07) is 10.4. The number of sulfone groups is 1. The Labute approximate surface area is 200 Å². The molecular formula is C22H23ClN4O4S2. The number of fused-ring (bicyclic) bond motifs is 1. The number of piperidine rings is 1. The first-order valence-corrected chi connectivity index (χ1v) is 13.3. The number of benzene rings is 2. The molecule has 4 rings (SSSR count). The molecule has 0 radical (unpaired) electrons.